The van der Waals surface area contributed by atoms with Gasteiger partial charge in [0.25, 0.3) is 0 Å². The average Bonchev–Trinajstić information content (AvgIpc) is 3.64. The SMILES string of the molecule is CC(C)CCOCCOCCN1CCN(c2ccc(-c3ccc(CN(C)C(C(=O)Nc4nccs4)c4cc(F)ccc4O)c(C=O)c3)cc2)CC1. The largest absolute Gasteiger partial charge is 0.508 e. The number of thiazole rings is 1. The van der Waals surface area contributed by atoms with Crippen LogP contribution in [0, 0.1) is 11.7 Å². The van der Waals surface area contributed by atoms with E-state index in [1.807, 2.05) is 18.2 Å². The van der Waals surface area contributed by atoms with Crippen LogP contribution in [0.25, 0.3) is 11.1 Å². The molecular weight excluding hydrogens is 670 g/mol. The van der Waals surface area contributed by atoms with Crippen molar-refractivity contribution < 1.29 is 28.6 Å². The van der Waals surface area contributed by atoms with Crippen LogP contribution in [0.5, 0.6) is 5.75 Å². The third-order valence-corrected chi connectivity index (χ3v) is 9.72. The molecule has 1 unspecified atom stereocenters. The van der Waals surface area contributed by atoms with Crippen LogP contribution >= 0.6 is 11.3 Å². The van der Waals surface area contributed by atoms with Gasteiger partial charge in [-0.15, -0.1) is 11.3 Å². The molecule has 0 spiro atoms. The maximum absolute atomic E-state index is 14.3. The highest BCUT2D eigenvalue weighted by atomic mass is 32.1. The number of halogens is 1. The Morgan fingerprint density at radius 3 is 2.41 bits per heavy atom. The summed E-state index contributed by atoms with van der Waals surface area (Å²) in [6, 6.07) is 16.5. The summed E-state index contributed by atoms with van der Waals surface area (Å²) < 4.78 is 25.7. The molecule has 1 atom stereocenters. The summed E-state index contributed by atoms with van der Waals surface area (Å²) in [5.74, 6) is -0.618. The zero-order valence-corrected chi connectivity index (χ0v) is 30.4. The van der Waals surface area contributed by atoms with Gasteiger partial charge in [-0.3, -0.25) is 19.4 Å². The summed E-state index contributed by atoms with van der Waals surface area (Å²) in [5, 5.41) is 15.5. The molecule has 51 heavy (non-hydrogen) atoms. The van der Waals surface area contributed by atoms with Crippen molar-refractivity contribution >= 4 is 34.3 Å². The highest BCUT2D eigenvalue weighted by molar-refractivity contribution is 7.13. The summed E-state index contributed by atoms with van der Waals surface area (Å²) in [6.07, 6.45) is 3.45. The molecule has 1 aliphatic rings. The molecule has 0 bridgehead atoms. The number of rotatable bonds is 18. The lowest BCUT2D eigenvalue weighted by atomic mass is 9.97. The summed E-state index contributed by atoms with van der Waals surface area (Å²) in [5.41, 5.74) is 4.31. The smallest absolute Gasteiger partial charge is 0.248 e. The molecule has 12 heteroatoms. The second-order valence-electron chi connectivity index (χ2n) is 13.2. The van der Waals surface area contributed by atoms with E-state index < -0.39 is 17.8 Å². The molecule has 1 amide bonds. The van der Waals surface area contributed by atoms with Crippen LogP contribution in [0.4, 0.5) is 15.2 Å². The van der Waals surface area contributed by atoms with Crippen LogP contribution < -0.4 is 10.2 Å². The highest BCUT2D eigenvalue weighted by Crippen LogP contribution is 2.32. The number of aromatic nitrogens is 1. The number of carbonyl (C=O) groups excluding carboxylic acids is 2. The fourth-order valence-electron chi connectivity index (χ4n) is 6.10. The molecule has 1 aliphatic heterocycles. The van der Waals surface area contributed by atoms with E-state index in [0.29, 0.717) is 42.0 Å². The third kappa shape index (κ3) is 10.9. The summed E-state index contributed by atoms with van der Waals surface area (Å²) in [7, 11) is 1.69. The van der Waals surface area contributed by atoms with Crippen LogP contribution in [0.3, 0.4) is 0 Å². The molecule has 10 nitrogen and oxygen atoms in total. The van der Waals surface area contributed by atoms with Crippen molar-refractivity contribution in [1.82, 2.24) is 14.8 Å². The minimum Gasteiger partial charge on any atom is -0.508 e. The zero-order chi connectivity index (χ0) is 36.2. The topological polar surface area (TPSA) is 107 Å². The van der Waals surface area contributed by atoms with Crippen LogP contribution in [0.1, 0.15) is 47.8 Å². The third-order valence-electron chi connectivity index (χ3n) is 9.03. The number of anilines is 2. The standard InChI is InChI=1S/C39H48FN5O5S/c1-28(2)12-19-49-21-22-50-20-18-44-14-16-45(17-15-44)34-9-6-29(7-10-34)30-4-5-31(32(24-30)27-46)26-43(3)37(35-25-33(40)8-11-36(35)47)38(48)42-39-41-13-23-51-39/h4-11,13,23-25,27-28,37,47H,12,14-22,26H2,1-3H3,(H,41,42,48). The molecule has 4 aromatic rings. The van der Waals surface area contributed by atoms with Gasteiger partial charge in [0.15, 0.2) is 5.13 Å². The summed E-state index contributed by atoms with van der Waals surface area (Å²) >= 11 is 1.25. The molecule has 272 valence electrons. The Morgan fingerprint density at radius 2 is 1.73 bits per heavy atom. The number of aromatic hydroxyl groups is 1. The Kier molecular flexibility index (Phi) is 14.1. The first-order chi connectivity index (χ1) is 24.7. The number of benzene rings is 3. The van der Waals surface area contributed by atoms with E-state index in [2.05, 4.69) is 58.2 Å². The molecule has 2 N–H and O–H groups in total. The van der Waals surface area contributed by atoms with Gasteiger partial charge in [-0.1, -0.05) is 38.1 Å². The van der Waals surface area contributed by atoms with Crippen molar-refractivity contribution in [3.8, 4) is 16.9 Å². The van der Waals surface area contributed by atoms with Gasteiger partial charge in [-0.2, -0.15) is 0 Å². The molecule has 0 radical (unpaired) electrons. The van der Waals surface area contributed by atoms with Crippen molar-refractivity contribution in [3.63, 3.8) is 0 Å². The number of hydrogen-bond acceptors (Lipinski definition) is 10. The quantitative estimate of drug-likeness (QED) is 0.0884. The number of phenols is 1. The molecule has 1 saturated heterocycles. The number of hydrogen-bond donors (Lipinski definition) is 2. The van der Waals surface area contributed by atoms with Crippen molar-refractivity contribution in [1.29, 1.82) is 0 Å². The van der Waals surface area contributed by atoms with Gasteiger partial charge in [-0.05, 0) is 72.5 Å². The molecule has 0 aliphatic carbocycles. The number of carbonyl (C=O) groups is 2. The Hall–Kier alpha value is -4.20. The number of nitrogens with one attached hydrogen (secondary N) is 1. The number of nitrogens with zero attached hydrogens (tertiary/aromatic N) is 4. The highest BCUT2D eigenvalue weighted by Gasteiger charge is 2.29. The number of aldehydes is 1. The first-order valence-electron chi connectivity index (χ1n) is 17.4. The number of amides is 1. The maximum Gasteiger partial charge on any atom is 0.248 e. The Bertz CT molecular complexity index is 1700. The normalized spacial score (nSPS) is 14.3. The average molecular weight is 718 g/mol. The Morgan fingerprint density at radius 1 is 1.00 bits per heavy atom. The Balaban J connectivity index is 1.17. The second-order valence-corrected chi connectivity index (χ2v) is 14.1. The van der Waals surface area contributed by atoms with Crippen LogP contribution in [-0.4, -0.2) is 98.3 Å². The fraction of sp³-hybridized carbons (Fsp3) is 0.410. The lowest BCUT2D eigenvalue weighted by molar-refractivity contribution is -0.121. The Labute approximate surface area is 303 Å². The number of ether oxygens (including phenoxy) is 2. The minimum absolute atomic E-state index is 0.111. The van der Waals surface area contributed by atoms with Crippen LogP contribution in [0.15, 0.2) is 72.2 Å². The molecule has 2 heterocycles. The molecule has 5 rings (SSSR count). The molecule has 1 aromatic heterocycles. The van der Waals surface area contributed by atoms with E-state index in [0.717, 1.165) is 81.0 Å². The van der Waals surface area contributed by atoms with Crippen LogP contribution in [0.2, 0.25) is 0 Å². The van der Waals surface area contributed by atoms with Gasteiger partial charge in [0.05, 0.1) is 19.8 Å². The van der Waals surface area contributed by atoms with Gasteiger partial charge in [0.2, 0.25) is 5.91 Å². The van der Waals surface area contributed by atoms with E-state index >= 15 is 0 Å². The lowest BCUT2D eigenvalue weighted by Crippen LogP contribution is -2.47. The van der Waals surface area contributed by atoms with Crippen molar-refractivity contribution in [2.75, 3.05) is 76.4 Å². The van der Waals surface area contributed by atoms with E-state index in [9.17, 15) is 19.1 Å². The second kappa shape index (κ2) is 18.9. The molecule has 0 saturated carbocycles. The lowest BCUT2D eigenvalue weighted by Gasteiger charge is -2.36. The van der Waals surface area contributed by atoms with Crippen molar-refractivity contribution in [3.05, 3.63) is 94.7 Å². The number of likely N-dealkylation sites (N-methyl/N-ethyl adjacent to an activating group) is 1. The number of phenolic OH excluding ortho intramolecular Hbond substituents is 1. The summed E-state index contributed by atoms with van der Waals surface area (Å²) in [4.78, 5) is 36.4. The minimum atomic E-state index is -1.06. The first kappa shape index (κ1) is 38.0. The summed E-state index contributed by atoms with van der Waals surface area (Å²) in [6.45, 7) is 12.1. The maximum atomic E-state index is 14.3. The van der Waals surface area contributed by atoms with E-state index in [1.54, 1.807) is 23.5 Å². The fourth-order valence-corrected chi connectivity index (χ4v) is 6.63. The van der Waals surface area contributed by atoms with Gasteiger partial charge in [0.1, 0.15) is 23.9 Å². The molecule has 1 fully saturated rings. The van der Waals surface area contributed by atoms with Crippen molar-refractivity contribution in [2.24, 2.45) is 5.92 Å². The molecular formula is C39H48FN5O5S. The van der Waals surface area contributed by atoms with Gasteiger partial charge < -0.3 is 24.8 Å². The van der Waals surface area contributed by atoms with E-state index in [4.69, 9.17) is 9.47 Å². The van der Waals surface area contributed by atoms with Crippen LogP contribution in [-0.2, 0) is 20.8 Å². The monoisotopic (exact) mass is 717 g/mol. The van der Waals surface area contributed by atoms with Crippen molar-refractivity contribution in [2.45, 2.75) is 32.9 Å². The predicted molar refractivity (Wildman–Crippen MR) is 200 cm³/mol. The van der Waals surface area contributed by atoms with Gasteiger partial charge >= 0.3 is 0 Å². The zero-order valence-electron chi connectivity index (χ0n) is 29.6. The van der Waals surface area contributed by atoms with E-state index in [-0.39, 0.29) is 17.9 Å². The number of piperazine rings is 1. The van der Waals surface area contributed by atoms with E-state index in [1.165, 1.54) is 17.4 Å². The van der Waals surface area contributed by atoms with Gasteiger partial charge in [0, 0.05) is 74.3 Å². The van der Waals surface area contributed by atoms with Gasteiger partial charge in [-0.25, -0.2) is 9.37 Å². The molecule has 3 aromatic carbocycles. The first-order valence-corrected chi connectivity index (χ1v) is 18.3. The predicted octanol–water partition coefficient (Wildman–Crippen LogP) is 6.48.